The summed E-state index contributed by atoms with van der Waals surface area (Å²) >= 11 is 3.50. The average molecular weight is 324 g/mol. The highest BCUT2D eigenvalue weighted by atomic mass is 79.9. The van der Waals surface area contributed by atoms with Crippen molar-refractivity contribution in [3.63, 3.8) is 0 Å². The maximum absolute atomic E-state index is 10.9. The number of allylic oxidation sites excluding steroid dienone is 1. The lowest BCUT2D eigenvalue weighted by Gasteiger charge is -2.40. The summed E-state index contributed by atoms with van der Waals surface area (Å²) in [4.78, 5) is 4.27. The fourth-order valence-corrected chi connectivity index (χ4v) is 3.52. The first-order valence-electron chi connectivity index (χ1n) is 7.08. The van der Waals surface area contributed by atoms with Crippen molar-refractivity contribution in [3.05, 3.63) is 41.2 Å². The van der Waals surface area contributed by atoms with Gasteiger partial charge in [0.2, 0.25) is 0 Å². The second-order valence-corrected chi connectivity index (χ2v) is 6.28. The van der Waals surface area contributed by atoms with Crippen molar-refractivity contribution >= 4 is 15.9 Å². The summed E-state index contributed by atoms with van der Waals surface area (Å²) in [6.07, 6.45) is 10.7. The number of rotatable bonds is 5. The van der Waals surface area contributed by atoms with Gasteiger partial charge in [-0.1, -0.05) is 25.0 Å². The quantitative estimate of drug-likeness (QED) is 0.648. The fraction of sp³-hybridized carbons (Fsp3) is 0.562. The summed E-state index contributed by atoms with van der Waals surface area (Å²) in [5, 5.41) is 10.9. The molecule has 1 saturated carbocycles. The molecule has 0 saturated heterocycles. The van der Waals surface area contributed by atoms with Crippen LogP contribution in [0.1, 0.15) is 44.1 Å². The lowest BCUT2D eigenvalue weighted by molar-refractivity contribution is -0.0540. The van der Waals surface area contributed by atoms with Crippen LogP contribution in [0.2, 0.25) is 0 Å². The fourth-order valence-electron chi connectivity index (χ4n) is 3.10. The Labute approximate surface area is 124 Å². The molecule has 0 bridgehead atoms. The SMILES string of the molecule is C=CCC[C@]1(O)CCCC[C@H]1Cc1cccnc1Br. The van der Waals surface area contributed by atoms with Gasteiger partial charge in [0.15, 0.2) is 0 Å². The first-order valence-corrected chi connectivity index (χ1v) is 7.88. The molecule has 19 heavy (non-hydrogen) atoms. The zero-order valence-electron chi connectivity index (χ0n) is 11.3. The van der Waals surface area contributed by atoms with E-state index in [0.29, 0.717) is 5.92 Å². The molecule has 0 aromatic carbocycles. The van der Waals surface area contributed by atoms with E-state index >= 15 is 0 Å². The van der Waals surface area contributed by atoms with Gasteiger partial charge >= 0.3 is 0 Å². The van der Waals surface area contributed by atoms with Crippen LogP contribution in [-0.4, -0.2) is 15.7 Å². The van der Waals surface area contributed by atoms with Gasteiger partial charge in [-0.2, -0.15) is 0 Å². The number of nitrogens with zero attached hydrogens (tertiary/aromatic N) is 1. The van der Waals surface area contributed by atoms with Gasteiger partial charge in [0.25, 0.3) is 0 Å². The second-order valence-electron chi connectivity index (χ2n) is 5.53. The van der Waals surface area contributed by atoms with Crippen LogP contribution in [0.25, 0.3) is 0 Å². The molecule has 0 radical (unpaired) electrons. The van der Waals surface area contributed by atoms with Crippen LogP contribution in [0.3, 0.4) is 0 Å². The van der Waals surface area contributed by atoms with E-state index in [1.165, 1.54) is 12.0 Å². The maximum Gasteiger partial charge on any atom is 0.109 e. The normalized spacial score (nSPS) is 27.2. The number of aliphatic hydroxyl groups is 1. The van der Waals surface area contributed by atoms with E-state index in [9.17, 15) is 5.11 Å². The van der Waals surface area contributed by atoms with Crippen molar-refractivity contribution in [2.45, 2.75) is 50.5 Å². The Kier molecular flexibility index (Phi) is 5.17. The molecule has 0 unspecified atom stereocenters. The van der Waals surface area contributed by atoms with Crippen LogP contribution in [0, 0.1) is 5.92 Å². The number of pyridine rings is 1. The predicted octanol–water partition coefficient (Wildman–Crippen LogP) is 4.27. The maximum atomic E-state index is 10.9. The van der Waals surface area contributed by atoms with Crippen LogP contribution in [0.15, 0.2) is 35.6 Å². The van der Waals surface area contributed by atoms with Gasteiger partial charge in [-0.25, -0.2) is 4.98 Å². The van der Waals surface area contributed by atoms with E-state index in [2.05, 4.69) is 33.6 Å². The largest absolute Gasteiger partial charge is 0.390 e. The topological polar surface area (TPSA) is 33.1 Å². The van der Waals surface area contributed by atoms with E-state index in [-0.39, 0.29) is 0 Å². The van der Waals surface area contributed by atoms with Gasteiger partial charge in [-0.15, -0.1) is 6.58 Å². The molecule has 1 aromatic heterocycles. The van der Waals surface area contributed by atoms with Crippen LogP contribution < -0.4 is 0 Å². The van der Waals surface area contributed by atoms with Crippen LogP contribution >= 0.6 is 15.9 Å². The molecule has 0 spiro atoms. The summed E-state index contributed by atoms with van der Waals surface area (Å²) < 4.78 is 0.909. The van der Waals surface area contributed by atoms with Crippen molar-refractivity contribution in [1.82, 2.24) is 4.98 Å². The molecule has 2 rings (SSSR count). The summed E-state index contributed by atoms with van der Waals surface area (Å²) in [6, 6.07) is 4.06. The summed E-state index contributed by atoms with van der Waals surface area (Å²) in [7, 11) is 0. The molecule has 2 atom stereocenters. The Morgan fingerprint density at radius 3 is 3.11 bits per heavy atom. The van der Waals surface area contributed by atoms with Crippen LogP contribution in [-0.2, 0) is 6.42 Å². The van der Waals surface area contributed by atoms with E-state index in [4.69, 9.17) is 0 Å². The number of hydrogen-bond donors (Lipinski definition) is 1. The third kappa shape index (κ3) is 3.67. The van der Waals surface area contributed by atoms with Gasteiger partial charge in [-0.3, -0.25) is 0 Å². The van der Waals surface area contributed by atoms with Crippen molar-refractivity contribution in [2.75, 3.05) is 0 Å². The van der Waals surface area contributed by atoms with Crippen molar-refractivity contribution < 1.29 is 5.11 Å². The van der Waals surface area contributed by atoms with Gasteiger partial charge < -0.3 is 5.11 Å². The summed E-state index contributed by atoms with van der Waals surface area (Å²) in [5.74, 6) is 0.335. The highest BCUT2D eigenvalue weighted by molar-refractivity contribution is 9.10. The standard InChI is InChI=1S/C16H22BrNO/c1-2-3-9-16(19)10-5-4-8-14(16)12-13-7-6-11-18-15(13)17/h2,6-7,11,14,19H,1,3-5,8-10,12H2/t14-,16-/m0/s1. The minimum Gasteiger partial charge on any atom is -0.390 e. The zero-order chi connectivity index (χ0) is 13.7. The Bertz CT molecular complexity index is 435. The van der Waals surface area contributed by atoms with Gasteiger partial charge in [0.1, 0.15) is 4.60 Å². The number of hydrogen-bond acceptors (Lipinski definition) is 2. The number of halogens is 1. The molecule has 2 nitrogen and oxygen atoms in total. The van der Waals surface area contributed by atoms with E-state index in [0.717, 1.165) is 43.1 Å². The summed E-state index contributed by atoms with van der Waals surface area (Å²) in [5.41, 5.74) is 0.674. The highest BCUT2D eigenvalue weighted by Crippen LogP contribution is 2.39. The lowest BCUT2D eigenvalue weighted by atomic mass is 9.70. The Hall–Kier alpha value is -0.670. The Morgan fingerprint density at radius 1 is 1.53 bits per heavy atom. The van der Waals surface area contributed by atoms with Crippen molar-refractivity contribution in [1.29, 1.82) is 0 Å². The lowest BCUT2D eigenvalue weighted by Crippen LogP contribution is -2.41. The molecular formula is C16H22BrNO. The first kappa shape index (κ1) is 14.7. The van der Waals surface area contributed by atoms with Crippen molar-refractivity contribution in [3.8, 4) is 0 Å². The Balaban J connectivity index is 2.11. The van der Waals surface area contributed by atoms with E-state index < -0.39 is 5.60 Å². The third-order valence-electron chi connectivity index (χ3n) is 4.26. The minimum absolute atomic E-state index is 0.335. The molecule has 1 heterocycles. The molecule has 0 amide bonds. The molecule has 1 aromatic rings. The zero-order valence-corrected chi connectivity index (χ0v) is 12.9. The Morgan fingerprint density at radius 2 is 2.37 bits per heavy atom. The predicted molar refractivity (Wildman–Crippen MR) is 82.0 cm³/mol. The molecular weight excluding hydrogens is 302 g/mol. The van der Waals surface area contributed by atoms with Gasteiger partial charge in [0, 0.05) is 6.20 Å². The monoisotopic (exact) mass is 323 g/mol. The average Bonchev–Trinajstić information content (AvgIpc) is 2.42. The van der Waals surface area contributed by atoms with E-state index in [1.54, 1.807) is 6.20 Å². The molecule has 1 aliphatic carbocycles. The van der Waals surface area contributed by atoms with Gasteiger partial charge in [-0.05, 0) is 65.6 Å². The first-order chi connectivity index (χ1) is 9.15. The van der Waals surface area contributed by atoms with Gasteiger partial charge in [0.05, 0.1) is 5.60 Å². The molecule has 104 valence electrons. The van der Waals surface area contributed by atoms with Crippen LogP contribution in [0.5, 0.6) is 0 Å². The second kappa shape index (κ2) is 6.67. The molecule has 1 N–H and O–H groups in total. The van der Waals surface area contributed by atoms with Crippen LogP contribution in [0.4, 0.5) is 0 Å². The molecule has 0 aliphatic heterocycles. The third-order valence-corrected chi connectivity index (χ3v) is 4.97. The highest BCUT2D eigenvalue weighted by Gasteiger charge is 2.38. The molecule has 1 fully saturated rings. The molecule has 1 aliphatic rings. The van der Waals surface area contributed by atoms with E-state index in [1.807, 2.05) is 12.1 Å². The minimum atomic E-state index is -0.526. The van der Waals surface area contributed by atoms with Crippen molar-refractivity contribution in [2.24, 2.45) is 5.92 Å². The number of aromatic nitrogens is 1. The smallest absolute Gasteiger partial charge is 0.109 e. The molecule has 3 heteroatoms. The summed E-state index contributed by atoms with van der Waals surface area (Å²) in [6.45, 7) is 3.77.